The predicted molar refractivity (Wildman–Crippen MR) is 71.4 cm³/mol. The lowest BCUT2D eigenvalue weighted by Gasteiger charge is -2.34. The number of piperidine rings is 1. The summed E-state index contributed by atoms with van der Waals surface area (Å²) in [7, 11) is 0. The highest BCUT2D eigenvalue weighted by Crippen LogP contribution is 2.19. The van der Waals surface area contributed by atoms with Gasteiger partial charge in [0.05, 0.1) is 12.7 Å². The Kier molecular flexibility index (Phi) is 5.37. The van der Waals surface area contributed by atoms with E-state index in [-0.39, 0.29) is 12.0 Å². The number of carbonyl (C=O) groups excluding carboxylic acids is 1. The van der Waals surface area contributed by atoms with E-state index >= 15 is 0 Å². The highest BCUT2D eigenvalue weighted by molar-refractivity contribution is 5.86. The maximum atomic E-state index is 12.3. The summed E-state index contributed by atoms with van der Waals surface area (Å²) < 4.78 is 11.0. The van der Waals surface area contributed by atoms with Crippen LogP contribution >= 0.6 is 0 Å². The summed E-state index contributed by atoms with van der Waals surface area (Å²) in [5.41, 5.74) is 0. The molecule has 2 rings (SSSR count). The van der Waals surface area contributed by atoms with Crippen LogP contribution in [0.3, 0.4) is 0 Å². The summed E-state index contributed by atoms with van der Waals surface area (Å²) in [5, 5.41) is 9.19. The molecule has 3 atom stereocenters. The van der Waals surface area contributed by atoms with Crippen LogP contribution in [0, 0.1) is 0 Å². The normalized spacial score (nSPS) is 28.4. The molecule has 0 aromatic rings. The lowest BCUT2D eigenvalue weighted by atomic mass is 10.0. The van der Waals surface area contributed by atoms with Gasteiger partial charge in [-0.2, -0.15) is 0 Å². The zero-order valence-electron chi connectivity index (χ0n) is 11.9. The Morgan fingerprint density at radius 2 is 2.15 bits per heavy atom. The Morgan fingerprint density at radius 1 is 1.35 bits per heavy atom. The number of aliphatic carboxylic acids is 1. The SMILES string of the molecule is C[C@H](OC[C@@H]1CCCO1)C(=O)N1CCCC[C@@H]1C(=O)O. The quantitative estimate of drug-likeness (QED) is 0.816. The van der Waals surface area contributed by atoms with E-state index in [1.165, 1.54) is 4.90 Å². The number of amides is 1. The van der Waals surface area contributed by atoms with Crippen molar-refractivity contribution < 1.29 is 24.2 Å². The molecule has 20 heavy (non-hydrogen) atoms. The molecule has 0 aliphatic carbocycles. The van der Waals surface area contributed by atoms with Gasteiger partial charge in [0.1, 0.15) is 12.1 Å². The fourth-order valence-corrected chi connectivity index (χ4v) is 2.78. The number of carboxylic acids is 1. The maximum absolute atomic E-state index is 12.3. The first-order chi connectivity index (χ1) is 9.59. The number of hydrogen-bond acceptors (Lipinski definition) is 4. The molecular formula is C14H23NO5. The topological polar surface area (TPSA) is 76.1 Å². The molecule has 0 saturated carbocycles. The first-order valence-corrected chi connectivity index (χ1v) is 7.36. The second-order valence-corrected chi connectivity index (χ2v) is 5.49. The fourth-order valence-electron chi connectivity index (χ4n) is 2.78. The van der Waals surface area contributed by atoms with Gasteiger partial charge in [0.15, 0.2) is 0 Å². The second-order valence-electron chi connectivity index (χ2n) is 5.49. The third kappa shape index (κ3) is 3.70. The minimum absolute atomic E-state index is 0.0712. The van der Waals surface area contributed by atoms with E-state index in [1.54, 1.807) is 6.92 Å². The average Bonchev–Trinajstić information content (AvgIpc) is 2.97. The average molecular weight is 285 g/mol. The highest BCUT2D eigenvalue weighted by atomic mass is 16.5. The Bertz CT molecular complexity index is 353. The molecule has 0 aromatic heterocycles. The third-order valence-corrected chi connectivity index (χ3v) is 3.97. The number of likely N-dealkylation sites (tertiary alicyclic amines) is 1. The summed E-state index contributed by atoms with van der Waals surface area (Å²) in [4.78, 5) is 25.0. The first kappa shape index (κ1) is 15.3. The first-order valence-electron chi connectivity index (χ1n) is 7.36. The van der Waals surface area contributed by atoms with Crippen molar-refractivity contribution in [3.05, 3.63) is 0 Å². The van der Waals surface area contributed by atoms with Crippen LogP contribution in [-0.4, -0.2) is 59.9 Å². The Hall–Kier alpha value is -1.14. The van der Waals surface area contributed by atoms with Crippen LogP contribution in [0.15, 0.2) is 0 Å². The molecule has 2 saturated heterocycles. The number of carboxylic acid groups (broad SMARTS) is 1. The summed E-state index contributed by atoms with van der Waals surface area (Å²) in [6, 6.07) is -0.704. The van der Waals surface area contributed by atoms with Gasteiger partial charge in [-0.25, -0.2) is 4.79 Å². The van der Waals surface area contributed by atoms with Crippen molar-refractivity contribution in [1.29, 1.82) is 0 Å². The molecule has 2 fully saturated rings. The van der Waals surface area contributed by atoms with E-state index in [4.69, 9.17) is 9.47 Å². The monoisotopic (exact) mass is 285 g/mol. The summed E-state index contributed by atoms with van der Waals surface area (Å²) in [6.45, 7) is 3.34. The van der Waals surface area contributed by atoms with Crippen molar-refractivity contribution in [1.82, 2.24) is 4.90 Å². The van der Waals surface area contributed by atoms with Crippen LogP contribution in [0.2, 0.25) is 0 Å². The van der Waals surface area contributed by atoms with Crippen LogP contribution in [-0.2, 0) is 19.1 Å². The molecule has 2 aliphatic rings. The smallest absolute Gasteiger partial charge is 0.326 e. The van der Waals surface area contributed by atoms with Gasteiger partial charge in [-0.05, 0) is 39.0 Å². The van der Waals surface area contributed by atoms with Crippen molar-refractivity contribution in [3.63, 3.8) is 0 Å². The van der Waals surface area contributed by atoms with Crippen LogP contribution < -0.4 is 0 Å². The standard InChI is InChI=1S/C14H23NO5/c1-10(20-9-11-5-4-8-19-11)13(16)15-7-3-2-6-12(15)14(17)18/h10-12H,2-9H2,1H3,(H,17,18)/t10-,11-,12+/m0/s1. The van der Waals surface area contributed by atoms with Gasteiger partial charge < -0.3 is 19.5 Å². The van der Waals surface area contributed by atoms with Gasteiger partial charge in [-0.15, -0.1) is 0 Å². The molecule has 1 amide bonds. The van der Waals surface area contributed by atoms with E-state index in [9.17, 15) is 14.7 Å². The Labute approximate surface area is 119 Å². The largest absolute Gasteiger partial charge is 0.480 e. The van der Waals surface area contributed by atoms with Gasteiger partial charge in [-0.3, -0.25) is 4.79 Å². The number of rotatable bonds is 5. The van der Waals surface area contributed by atoms with Gasteiger partial charge in [0, 0.05) is 13.2 Å². The molecule has 6 nitrogen and oxygen atoms in total. The summed E-state index contributed by atoms with van der Waals surface area (Å²) in [5.74, 6) is -1.15. The Balaban J connectivity index is 1.85. The number of carbonyl (C=O) groups is 2. The van der Waals surface area contributed by atoms with Gasteiger partial charge in [0.25, 0.3) is 5.91 Å². The predicted octanol–water partition coefficient (Wildman–Crippen LogP) is 1.04. The molecule has 0 radical (unpaired) electrons. The third-order valence-electron chi connectivity index (χ3n) is 3.97. The van der Waals surface area contributed by atoms with Crippen molar-refractivity contribution in [3.8, 4) is 0 Å². The fraction of sp³-hybridized carbons (Fsp3) is 0.857. The van der Waals surface area contributed by atoms with E-state index in [0.717, 1.165) is 32.3 Å². The second kappa shape index (κ2) is 7.04. The minimum Gasteiger partial charge on any atom is -0.480 e. The van der Waals surface area contributed by atoms with E-state index in [1.807, 2.05) is 0 Å². The number of ether oxygens (including phenoxy) is 2. The van der Waals surface area contributed by atoms with Crippen molar-refractivity contribution in [2.24, 2.45) is 0 Å². The van der Waals surface area contributed by atoms with Gasteiger partial charge in [-0.1, -0.05) is 0 Å². The van der Waals surface area contributed by atoms with E-state index < -0.39 is 18.1 Å². The highest BCUT2D eigenvalue weighted by Gasteiger charge is 2.34. The molecule has 114 valence electrons. The van der Waals surface area contributed by atoms with Crippen molar-refractivity contribution >= 4 is 11.9 Å². The molecule has 2 heterocycles. The lowest BCUT2D eigenvalue weighted by Crippen LogP contribution is -2.51. The number of hydrogen-bond donors (Lipinski definition) is 1. The van der Waals surface area contributed by atoms with E-state index in [0.29, 0.717) is 19.6 Å². The minimum atomic E-state index is -0.927. The zero-order chi connectivity index (χ0) is 14.5. The number of nitrogens with zero attached hydrogens (tertiary/aromatic N) is 1. The van der Waals surface area contributed by atoms with Crippen LogP contribution in [0.25, 0.3) is 0 Å². The molecular weight excluding hydrogens is 262 g/mol. The molecule has 1 N–H and O–H groups in total. The summed E-state index contributed by atoms with van der Waals surface area (Å²) >= 11 is 0. The van der Waals surface area contributed by atoms with Crippen LogP contribution in [0.1, 0.15) is 39.0 Å². The molecule has 0 spiro atoms. The van der Waals surface area contributed by atoms with Gasteiger partial charge in [0.2, 0.25) is 0 Å². The Morgan fingerprint density at radius 3 is 2.80 bits per heavy atom. The van der Waals surface area contributed by atoms with Crippen LogP contribution in [0.4, 0.5) is 0 Å². The molecule has 2 aliphatic heterocycles. The van der Waals surface area contributed by atoms with Crippen molar-refractivity contribution in [2.45, 2.75) is 57.3 Å². The zero-order valence-corrected chi connectivity index (χ0v) is 11.9. The summed E-state index contributed by atoms with van der Waals surface area (Å²) in [6.07, 6.45) is 3.69. The van der Waals surface area contributed by atoms with Crippen LogP contribution in [0.5, 0.6) is 0 Å². The maximum Gasteiger partial charge on any atom is 0.326 e. The molecule has 0 unspecified atom stereocenters. The van der Waals surface area contributed by atoms with E-state index in [2.05, 4.69) is 0 Å². The van der Waals surface area contributed by atoms with Gasteiger partial charge >= 0.3 is 5.97 Å². The lowest BCUT2D eigenvalue weighted by molar-refractivity contribution is -0.158. The molecule has 0 aromatic carbocycles. The van der Waals surface area contributed by atoms with Crippen molar-refractivity contribution in [2.75, 3.05) is 19.8 Å². The molecule has 6 heteroatoms. The molecule has 0 bridgehead atoms.